The van der Waals surface area contributed by atoms with E-state index in [1.165, 1.54) is 6.26 Å². The van der Waals surface area contributed by atoms with Gasteiger partial charge in [0.15, 0.2) is 5.69 Å². The summed E-state index contributed by atoms with van der Waals surface area (Å²) in [5, 5.41) is 2.61. The van der Waals surface area contributed by atoms with Crippen molar-refractivity contribution in [3.63, 3.8) is 0 Å². The Morgan fingerprint density at radius 2 is 2.00 bits per heavy atom. The molecule has 1 N–H and O–H groups in total. The van der Waals surface area contributed by atoms with Gasteiger partial charge in [-0.2, -0.15) is 4.98 Å². The van der Waals surface area contributed by atoms with E-state index in [1.54, 1.807) is 12.0 Å². The lowest BCUT2D eigenvalue weighted by atomic mass is 10.2. The fourth-order valence-electron chi connectivity index (χ4n) is 3.12. The van der Waals surface area contributed by atoms with Crippen molar-refractivity contribution in [2.45, 2.75) is 12.8 Å². The summed E-state index contributed by atoms with van der Waals surface area (Å²) >= 11 is 0. The molecular formula is C19H22N4O4. The predicted octanol–water partition coefficient (Wildman–Crippen LogP) is 1.99. The van der Waals surface area contributed by atoms with Crippen LogP contribution in [0.25, 0.3) is 0 Å². The summed E-state index contributed by atoms with van der Waals surface area (Å²) in [5.74, 6) is 0.592. The van der Waals surface area contributed by atoms with Crippen LogP contribution >= 0.6 is 0 Å². The zero-order chi connectivity index (χ0) is 18.8. The first-order valence-electron chi connectivity index (χ1n) is 9.08. The van der Waals surface area contributed by atoms with Gasteiger partial charge in [-0.3, -0.25) is 14.9 Å². The molecule has 2 amide bonds. The molecule has 2 aromatic rings. The number of carbonyl (C=O) groups excluding carboxylic acids is 2. The fourth-order valence-corrected chi connectivity index (χ4v) is 3.12. The van der Waals surface area contributed by atoms with Crippen LogP contribution in [0.5, 0.6) is 5.75 Å². The molecule has 2 aliphatic rings. The average Bonchev–Trinajstić information content (AvgIpc) is 3.47. The van der Waals surface area contributed by atoms with Crippen LogP contribution in [0.2, 0.25) is 0 Å². The van der Waals surface area contributed by atoms with Crippen molar-refractivity contribution in [1.29, 1.82) is 0 Å². The minimum Gasteiger partial charge on any atom is -0.497 e. The first kappa shape index (κ1) is 17.4. The van der Waals surface area contributed by atoms with Crippen molar-refractivity contribution in [1.82, 2.24) is 9.88 Å². The highest BCUT2D eigenvalue weighted by Gasteiger charge is 2.31. The van der Waals surface area contributed by atoms with Gasteiger partial charge in [-0.1, -0.05) is 6.07 Å². The lowest BCUT2D eigenvalue weighted by Crippen LogP contribution is -2.48. The number of amides is 2. The number of benzene rings is 1. The van der Waals surface area contributed by atoms with Crippen molar-refractivity contribution in [2.75, 3.05) is 43.5 Å². The highest BCUT2D eigenvalue weighted by molar-refractivity contribution is 5.95. The molecule has 8 heteroatoms. The van der Waals surface area contributed by atoms with Gasteiger partial charge in [-0.05, 0) is 25.0 Å². The van der Waals surface area contributed by atoms with Gasteiger partial charge in [0.1, 0.15) is 12.0 Å². The van der Waals surface area contributed by atoms with Gasteiger partial charge < -0.3 is 19.0 Å². The van der Waals surface area contributed by atoms with Crippen LogP contribution in [0.15, 0.2) is 34.9 Å². The van der Waals surface area contributed by atoms with E-state index in [0.29, 0.717) is 13.1 Å². The van der Waals surface area contributed by atoms with E-state index in [0.717, 1.165) is 37.4 Å². The van der Waals surface area contributed by atoms with Crippen molar-refractivity contribution in [3.8, 4) is 5.75 Å². The standard InChI is InChI=1S/C19H22N4O4/c1-26-15-4-2-3-14(11-15)22-7-9-23(10-8-22)18(25)16-12-27-19(20-16)21-17(24)13-5-6-13/h2-4,11-13H,5-10H2,1H3,(H,20,21,24). The SMILES string of the molecule is COc1cccc(N2CCN(C(=O)c3coc(NC(=O)C4CC4)n3)CC2)c1. The number of nitrogens with one attached hydrogen (secondary N) is 1. The van der Waals surface area contributed by atoms with E-state index in [1.807, 2.05) is 24.3 Å². The number of ether oxygens (including phenoxy) is 1. The zero-order valence-electron chi connectivity index (χ0n) is 15.2. The Hall–Kier alpha value is -3.03. The molecule has 0 radical (unpaired) electrons. The van der Waals surface area contributed by atoms with Crippen LogP contribution in [0.1, 0.15) is 23.3 Å². The van der Waals surface area contributed by atoms with Crippen molar-refractivity contribution >= 4 is 23.5 Å². The molecular weight excluding hydrogens is 348 g/mol. The second-order valence-electron chi connectivity index (χ2n) is 6.78. The third kappa shape index (κ3) is 3.89. The van der Waals surface area contributed by atoms with Gasteiger partial charge in [-0.15, -0.1) is 0 Å². The first-order chi connectivity index (χ1) is 13.1. The minimum atomic E-state index is -0.184. The Labute approximate surface area is 157 Å². The number of methoxy groups -OCH3 is 1. The van der Waals surface area contributed by atoms with E-state index >= 15 is 0 Å². The summed E-state index contributed by atoms with van der Waals surface area (Å²) in [5.41, 5.74) is 1.30. The Morgan fingerprint density at radius 3 is 2.70 bits per heavy atom. The van der Waals surface area contributed by atoms with Crippen molar-refractivity contribution < 1.29 is 18.7 Å². The summed E-state index contributed by atoms with van der Waals surface area (Å²) in [6, 6.07) is 7.98. The van der Waals surface area contributed by atoms with Gasteiger partial charge in [0, 0.05) is 43.9 Å². The molecule has 0 spiro atoms. The molecule has 1 saturated heterocycles. The summed E-state index contributed by atoms with van der Waals surface area (Å²) < 4.78 is 10.5. The Balaban J connectivity index is 1.34. The van der Waals surface area contributed by atoms with Crippen LogP contribution in [0.3, 0.4) is 0 Å². The number of anilines is 2. The maximum absolute atomic E-state index is 12.6. The monoisotopic (exact) mass is 370 g/mol. The number of carbonyl (C=O) groups is 2. The van der Waals surface area contributed by atoms with Crippen LogP contribution in [0.4, 0.5) is 11.7 Å². The number of oxazole rings is 1. The summed E-state index contributed by atoms with van der Waals surface area (Å²) in [6.07, 6.45) is 3.10. The largest absolute Gasteiger partial charge is 0.497 e. The van der Waals surface area contributed by atoms with Gasteiger partial charge in [0.05, 0.1) is 7.11 Å². The molecule has 4 rings (SSSR count). The first-order valence-corrected chi connectivity index (χ1v) is 9.08. The second-order valence-corrected chi connectivity index (χ2v) is 6.78. The van der Waals surface area contributed by atoms with E-state index in [2.05, 4.69) is 15.2 Å². The fraction of sp³-hybridized carbons (Fsp3) is 0.421. The molecule has 27 heavy (non-hydrogen) atoms. The maximum Gasteiger partial charge on any atom is 0.302 e. The Bertz CT molecular complexity index is 838. The smallest absolute Gasteiger partial charge is 0.302 e. The van der Waals surface area contributed by atoms with Crippen LogP contribution < -0.4 is 15.0 Å². The third-order valence-electron chi connectivity index (χ3n) is 4.89. The Kier molecular flexibility index (Phi) is 4.70. The van der Waals surface area contributed by atoms with Crippen molar-refractivity contribution in [3.05, 3.63) is 36.2 Å². The molecule has 0 bridgehead atoms. The molecule has 142 valence electrons. The molecule has 1 aliphatic heterocycles. The molecule has 1 saturated carbocycles. The number of hydrogen-bond acceptors (Lipinski definition) is 6. The Morgan fingerprint density at radius 1 is 1.22 bits per heavy atom. The van der Waals surface area contributed by atoms with Crippen LogP contribution in [-0.2, 0) is 4.79 Å². The molecule has 1 aliphatic carbocycles. The van der Waals surface area contributed by atoms with E-state index in [9.17, 15) is 9.59 Å². The highest BCUT2D eigenvalue weighted by Crippen LogP contribution is 2.30. The third-order valence-corrected chi connectivity index (χ3v) is 4.89. The molecule has 1 aromatic carbocycles. The number of hydrogen-bond donors (Lipinski definition) is 1. The quantitative estimate of drug-likeness (QED) is 0.866. The van der Waals surface area contributed by atoms with Gasteiger partial charge in [0.25, 0.3) is 5.91 Å². The van der Waals surface area contributed by atoms with E-state index in [-0.39, 0.29) is 29.4 Å². The molecule has 0 atom stereocenters. The highest BCUT2D eigenvalue weighted by atomic mass is 16.5. The molecule has 2 fully saturated rings. The van der Waals surface area contributed by atoms with E-state index in [4.69, 9.17) is 9.15 Å². The predicted molar refractivity (Wildman–Crippen MR) is 99.0 cm³/mol. The normalized spacial score (nSPS) is 16.9. The van der Waals surface area contributed by atoms with E-state index < -0.39 is 0 Å². The second kappa shape index (κ2) is 7.30. The number of aromatic nitrogens is 1. The molecule has 8 nitrogen and oxygen atoms in total. The number of rotatable bonds is 5. The maximum atomic E-state index is 12.6. The summed E-state index contributed by atoms with van der Waals surface area (Å²) in [6.45, 7) is 2.63. The summed E-state index contributed by atoms with van der Waals surface area (Å²) in [4.78, 5) is 32.5. The lowest BCUT2D eigenvalue weighted by Gasteiger charge is -2.35. The van der Waals surface area contributed by atoms with Gasteiger partial charge in [-0.25, -0.2) is 0 Å². The van der Waals surface area contributed by atoms with Gasteiger partial charge >= 0.3 is 6.01 Å². The number of piperazine rings is 1. The topological polar surface area (TPSA) is 87.9 Å². The minimum absolute atomic E-state index is 0.0562. The number of nitrogens with zero attached hydrogens (tertiary/aromatic N) is 3. The van der Waals surface area contributed by atoms with Gasteiger partial charge in [0.2, 0.25) is 5.91 Å². The van der Waals surface area contributed by atoms with Crippen LogP contribution in [0, 0.1) is 5.92 Å². The molecule has 1 aromatic heterocycles. The molecule has 2 heterocycles. The average molecular weight is 370 g/mol. The van der Waals surface area contributed by atoms with Crippen molar-refractivity contribution in [2.24, 2.45) is 5.92 Å². The summed E-state index contributed by atoms with van der Waals surface area (Å²) in [7, 11) is 1.65. The lowest BCUT2D eigenvalue weighted by molar-refractivity contribution is -0.117. The zero-order valence-corrected chi connectivity index (χ0v) is 15.2. The van der Waals surface area contributed by atoms with Crippen LogP contribution in [-0.4, -0.2) is 55.0 Å². The molecule has 0 unspecified atom stereocenters.